The molecule has 96 valence electrons. The lowest BCUT2D eigenvalue weighted by atomic mass is 10.1. The maximum Gasteiger partial charge on any atom is 0.271 e. The van der Waals surface area contributed by atoms with Crippen molar-refractivity contribution in [1.29, 1.82) is 0 Å². The molecule has 0 aliphatic rings. The molecular weight excluding hydrogens is 242 g/mol. The molecule has 19 heavy (non-hydrogen) atoms. The van der Waals surface area contributed by atoms with Gasteiger partial charge in [0.1, 0.15) is 0 Å². The number of benzene rings is 2. The molecule has 5 heteroatoms. The molecule has 0 unspecified atom stereocenters. The predicted molar refractivity (Wildman–Crippen MR) is 75.4 cm³/mol. The van der Waals surface area contributed by atoms with E-state index >= 15 is 0 Å². The second-order valence-electron chi connectivity index (χ2n) is 3.98. The molecule has 0 radical (unpaired) electrons. The molecular formula is C14H13N3O2. The highest BCUT2D eigenvalue weighted by Gasteiger charge is 2.04. The highest BCUT2D eigenvalue weighted by Crippen LogP contribution is 2.17. The zero-order valence-corrected chi connectivity index (χ0v) is 10.4. The summed E-state index contributed by atoms with van der Waals surface area (Å²) in [5.41, 5.74) is 5.26. The van der Waals surface area contributed by atoms with Crippen molar-refractivity contribution in [3.63, 3.8) is 0 Å². The van der Waals surface area contributed by atoms with E-state index in [1.165, 1.54) is 12.1 Å². The number of hydrogen-bond donors (Lipinski definition) is 1. The van der Waals surface area contributed by atoms with E-state index in [1.54, 1.807) is 12.1 Å². The minimum atomic E-state index is -0.432. The summed E-state index contributed by atoms with van der Waals surface area (Å²) in [6.45, 7) is 1.87. The maximum absolute atomic E-state index is 10.7. The predicted octanol–water partition coefficient (Wildman–Crippen LogP) is 3.43. The van der Waals surface area contributed by atoms with Gasteiger partial charge in [0.15, 0.2) is 0 Å². The van der Waals surface area contributed by atoms with Gasteiger partial charge in [-0.3, -0.25) is 15.5 Å². The molecule has 0 aliphatic carbocycles. The molecule has 0 bridgehead atoms. The fraction of sp³-hybridized carbons (Fsp3) is 0.0714. The fourth-order valence-corrected chi connectivity index (χ4v) is 1.58. The van der Waals surface area contributed by atoms with Gasteiger partial charge in [0.05, 0.1) is 16.3 Å². The summed E-state index contributed by atoms with van der Waals surface area (Å²) < 4.78 is 0. The normalized spacial score (nSPS) is 11.1. The Morgan fingerprint density at radius 3 is 2.58 bits per heavy atom. The van der Waals surface area contributed by atoms with Crippen LogP contribution in [0.2, 0.25) is 0 Å². The second kappa shape index (κ2) is 5.77. The van der Waals surface area contributed by atoms with Crippen molar-refractivity contribution in [2.24, 2.45) is 5.10 Å². The molecule has 0 heterocycles. The van der Waals surface area contributed by atoms with E-state index in [1.807, 2.05) is 37.3 Å². The first-order chi connectivity index (χ1) is 9.16. The third-order valence-electron chi connectivity index (χ3n) is 2.60. The van der Waals surface area contributed by atoms with Crippen LogP contribution in [0.5, 0.6) is 0 Å². The SMILES string of the molecule is CC(=NNc1cccc([N+](=O)[O-])c1)c1ccccc1. The summed E-state index contributed by atoms with van der Waals surface area (Å²) in [5, 5.41) is 14.9. The molecule has 0 amide bonds. The van der Waals surface area contributed by atoms with Crippen LogP contribution in [0.25, 0.3) is 0 Å². The third-order valence-corrected chi connectivity index (χ3v) is 2.60. The molecule has 0 spiro atoms. The molecule has 0 aromatic heterocycles. The Morgan fingerprint density at radius 2 is 1.89 bits per heavy atom. The van der Waals surface area contributed by atoms with Crippen LogP contribution in [0, 0.1) is 10.1 Å². The van der Waals surface area contributed by atoms with Gasteiger partial charge in [-0.2, -0.15) is 5.10 Å². The molecule has 2 aromatic carbocycles. The lowest BCUT2D eigenvalue weighted by Crippen LogP contribution is -1.99. The Kier molecular flexibility index (Phi) is 3.87. The summed E-state index contributed by atoms with van der Waals surface area (Å²) in [4.78, 5) is 10.2. The molecule has 0 saturated heterocycles. The number of nitro groups is 1. The number of nitrogens with one attached hydrogen (secondary N) is 1. The summed E-state index contributed by atoms with van der Waals surface area (Å²) in [6.07, 6.45) is 0. The van der Waals surface area contributed by atoms with Crippen molar-refractivity contribution < 1.29 is 4.92 Å². The van der Waals surface area contributed by atoms with Crippen molar-refractivity contribution in [3.8, 4) is 0 Å². The fourth-order valence-electron chi connectivity index (χ4n) is 1.58. The van der Waals surface area contributed by atoms with E-state index in [2.05, 4.69) is 10.5 Å². The Bertz CT molecular complexity index is 609. The van der Waals surface area contributed by atoms with Crippen molar-refractivity contribution in [2.45, 2.75) is 6.92 Å². The molecule has 0 aliphatic heterocycles. The smallest absolute Gasteiger partial charge is 0.271 e. The topological polar surface area (TPSA) is 67.5 Å². The number of rotatable bonds is 4. The largest absolute Gasteiger partial charge is 0.278 e. The summed E-state index contributed by atoms with van der Waals surface area (Å²) in [5.74, 6) is 0. The van der Waals surface area contributed by atoms with Crippen LogP contribution in [0.15, 0.2) is 59.7 Å². The number of non-ortho nitro benzene ring substituents is 1. The van der Waals surface area contributed by atoms with Gasteiger partial charge >= 0.3 is 0 Å². The van der Waals surface area contributed by atoms with Gasteiger partial charge in [-0.1, -0.05) is 36.4 Å². The van der Waals surface area contributed by atoms with Crippen LogP contribution in [-0.4, -0.2) is 10.6 Å². The summed E-state index contributed by atoms with van der Waals surface area (Å²) >= 11 is 0. The van der Waals surface area contributed by atoms with Gasteiger partial charge in [0, 0.05) is 12.1 Å². The van der Waals surface area contributed by atoms with Crippen molar-refractivity contribution in [2.75, 3.05) is 5.43 Å². The first kappa shape index (κ1) is 12.8. The van der Waals surface area contributed by atoms with Gasteiger partial charge in [-0.05, 0) is 18.6 Å². The molecule has 0 fully saturated rings. The number of nitrogens with zero attached hydrogens (tertiary/aromatic N) is 2. The van der Waals surface area contributed by atoms with Crippen LogP contribution in [0.3, 0.4) is 0 Å². The molecule has 1 N–H and O–H groups in total. The van der Waals surface area contributed by atoms with Crippen molar-refractivity contribution in [3.05, 3.63) is 70.3 Å². The minimum absolute atomic E-state index is 0.0394. The first-order valence-corrected chi connectivity index (χ1v) is 5.77. The van der Waals surface area contributed by atoms with Gasteiger partial charge in [-0.25, -0.2) is 0 Å². The third kappa shape index (κ3) is 3.38. The average molecular weight is 255 g/mol. The quantitative estimate of drug-likeness (QED) is 0.517. The molecule has 0 atom stereocenters. The number of hydrogen-bond acceptors (Lipinski definition) is 4. The Morgan fingerprint density at radius 1 is 1.16 bits per heavy atom. The zero-order chi connectivity index (χ0) is 13.7. The molecule has 0 saturated carbocycles. The monoisotopic (exact) mass is 255 g/mol. The van der Waals surface area contributed by atoms with Crippen molar-refractivity contribution in [1.82, 2.24) is 0 Å². The Hall–Kier alpha value is -2.69. The van der Waals surface area contributed by atoms with E-state index < -0.39 is 4.92 Å². The first-order valence-electron chi connectivity index (χ1n) is 5.77. The molecule has 2 rings (SSSR count). The van der Waals surface area contributed by atoms with E-state index in [0.29, 0.717) is 5.69 Å². The number of hydrazone groups is 1. The summed E-state index contributed by atoms with van der Waals surface area (Å²) in [7, 11) is 0. The maximum atomic E-state index is 10.7. The van der Waals surface area contributed by atoms with Crippen LogP contribution >= 0.6 is 0 Å². The van der Waals surface area contributed by atoms with E-state index in [9.17, 15) is 10.1 Å². The van der Waals surface area contributed by atoms with Gasteiger partial charge in [0.2, 0.25) is 0 Å². The van der Waals surface area contributed by atoms with Crippen LogP contribution in [-0.2, 0) is 0 Å². The van der Waals surface area contributed by atoms with Gasteiger partial charge in [0.25, 0.3) is 5.69 Å². The van der Waals surface area contributed by atoms with E-state index in [0.717, 1.165) is 11.3 Å². The van der Waals surface area contributed by atoms with E-state index in [-0.39, 0.29) is 5.69 Å². The lowest BCUT2D eigenvalue weighted by molar-refractivity contribution is -0.384. The van der Waals surface area contributed by atoms with Gasteiger partial charge < -0.3 is 0 Å². The van der Waals surface area contributed by atoms with Crippen LogP contribution in [0.4, 0.5) is 11.4 Å². The highest BCUT2D eigenvalue weighted by atomic mass is 16.6. The van der Waals surface area contributed by atoms with Crippen LogP contribution in [0.1, 0.15) is 12.5 Å². The summed E-state index contributed by atoms with van der Waals surface area (Å²) in [6, 6.07) is 15.9. The number of anilines is 1. The Labute approximate surface area is 110 Å². The van der Waals surface area contributed by atoms with Crippen LogP contribution < -0.4 is 5.43 Å². The highest BCUT2D eigenvalue weighted by molar-refractivity contribution is 5.99. The van der Waals surface area contributed by atoms with E-state index in [4.69, 9.17) is 0 Å². The average Bonchev–Trinajstić information content (AvgIpc) is 2.46. The Balaban J connectivity index is 2.14. The lowest BCUT2D eigenvalue weighted by Gasteiger charge is -2.03. The zero-order valence-electron chi connectivity index (χ0n) is 10.4. The molecule has 2 aromatic rings. The second-order valence-corrected chi connectivity index (χ2v) is 3.98. The number of nitro benzene ring substituents is 1. The molecule has 5 nitrogen and oxygen atoms in total. The van der Waals surface area contributed by atoms with Crippen molar-refractivity contribution >= 4 is 17.1 Å². The van der Waals surface area contributed by atoms with Gasteiger partial charge in [-0.15, -0.1) is 0 Å². The standard InChI is InChI=1S/C14H13N3O2/c1-11(12-6-3-2-4-7-12)15-16-13-8-5-9-14(10-13)17(18)19/h2-10,16H,1H3. The minimum Gasteiger partial charge on any atom is -0.278 e.